The van der Waals surface area contributed by atoms with Crippen molar-refractivity contribution >= 4 is 11.8 Å². The number of carbonyl (C=O) groups excluding carboxylic acids is 2. The standard InChI is InChI=1S/C10H20N2O4/c1-8(2)12(6-9(11)13)10(14)7-16-5-4-15-3/h8H,4-7H2,1-3H3,(H2,11,13). The van der Waals surface area contributed by atoms with Gasteiger partial charge in [-0.25, -0.2) is 0 Å². The van der Waals surface area contributed by atoms with E-state index in [4.69, 9.17) is 15.2 Å². The summed E-state index contributed by atoms with van der Waals surface area (Å²) in [6, 6.07) is -0.0778. The molecule has 2 amide bonds. The summed E-state index contributed by atoms with van der Waals surface area (Å²) < 4.78 is 9.85. The highest BCUT2D eigenvalue weighted by atomic mass is 16.5. The van der Waals surface area contributed by atoms with Crippen LogP contribution in [0.25, 0.3) is 0 Å². The molecule has 0 aromatic heterocycles. The quantitative estimate of drug-likeness (QED) is 0.565. The van der Waals surface area contributed by atoms with E-state index in [1.807, 2.05) is 13.8 Å². The van der Waals surface area contributed by atoms with E-state index in [2.05, 4.69) is 0 Å². The summed E-state index contributed by atoms with van der Waals surface area (Å²) in [5.74, 6) is -0.774. The van der Waals surface area contributed by atoms with Crippen LogP contribution >= 0.6 is 0 Å². The first-order valence-electron chi connectivity index (χ1n) is 5.13. The molecule has 0 aromatic rings. The summed E-state index contributed by atoms with van der Waals surface area (Å²) in [6.07, 6.45) is 0. The third-order valence-electron chi connectivity index (χ3n) is 1.93. The normalized spacial score (nSPS) is 10.5. The highest BCUT2D eigenvalue weighted by Crippen LogP contribution is 1.98. The molecule has 0 aliphatic rings. The zero-order valence-corrected chi connectivity index (χ0v) is 10.1. The smallest absolute Gasteiger partial charge is 0.249 e. The maximum atomic E-state index is 11.6. The monoisotopic (exact) mass is 232 g/mol. The molecule has 0 unspecified atom stereocenters. The van der Waals surface area contributed by atoms with Gasteiger partial charge in [-0.3, -0.25) is 9.59 Å². The molecule has 0 saturated carbocycles. The predicted octanol–water partition coefficient (Wildman–Crippen LogP) is -0.628. The SMILES string of the molecule is COCCOCC(=O)N(CC(N)=O)C(C)C. The molecule has 0 rings (SSSR count). The van der Waals surface area contributed by atoms with Crippen LogP contribution in [0.4, 0.5) is 0 Å². The van der Waals surface area contributed by atoms with E-state index in [-0.39, 0.29) is 25.1 Å². The van der Waals surface area contributed by atoms with E-state index in [1.54, 1.807) is 7.11 Å². The lowest BCUT2D eigenvalue weighted by molar-refractivity contribution is -0.141. The third kappa shape index (κ3) is 6.36. The number of hydrogen-bond donors (Lipinski definition) is 1. The van der Waals surface area contributed by atoms with Crippen LogP contribution in [0.15, 0.2) is 0 Å². The first-order chi connectivity index (χ1) is 7.49. The molecule has 0 aromatic carbocycles. The van der Waals surface area contributed by atoms with Gasteiger partial charge in [0.15, 0.2) is 0 Å². The Kier molecular flexibility index (Phi) is 7.49. The lowest BCUT2D eigenvalue weighted by atomic mass is 10.3. The molecular weight excluding hydrogens is 212 g/mol. The number of hydrogen-bond acceptors (Lipinski definition) is 4. The summed E-state index contributed by atoms with van der Waals surface area (Å²) >= 11 is 0. The van der Waals surface area contributed by atoms with Crippen LogP contribution in [0.2, 0.25) is 0 Å². The Hall–Kier alpha value is -1.14. The third-order valence-corrected chi connectivity index (χ3v) is 1.93. The topological polar surface area (TPSA) is 81.9 Å². The number of methoxy groups -OCH3 is 1. The lowest BCUT2D eigenvalue weighted by Gasteiger charge is -2.25. The number of nitrogens with zero attached hydrogens (tertiary/aromatic N) is 1. The van der Waals surface area contributed by atoms with Gasteiger partial charge in [0.1, 0.15) is 6.61 Å². The summed E-state index contributed by atoms with van der Waals surface area (Å²) in [7, 11) is 1.55. The van der Waals surface area contributed by atoms with Crippen molar-refractivity contribution in [1.82, 2.24) is 4.90 Å². The molecule has 0 aliphatic carbocycles. The van der Waals surface area contributed by atoms with Crippen LogP contribution in [0.3, 0.4) is 0 Å². The highest BCUT2D eigenvalue weighted by molar-refractivity contribution is 5.84. The Balaban J connectivity index is 4.02. The number of ether oxygens (including phenoxy) is 2. The van der Waals surface area contributed by atoms with Gasteiger partial charge in [0.25, 0.3) is 0 Å². The van der Waals surface area contributed by atoms with Crippen LogP contribution in [-0.4, -0.2) is 56.2 Å². The average Bonchev–Trinajstić information content (AvgIpc) is 2.20. The van der Waals surface area contributed by atoms with Crippen molar-refractivity contribution in [2.24, 2.45) is 5.73 Å². The second-order valence-electron chi connectivity index (χ2n) is 3.63. The van der Waals surface area contributed by atoms with Gasteiger partial charge >= 0.3 is 0 Å². The second-order valence-corrected chi connectivity index (χ2v) is 3.63. The first-order valence-corrected chi connectivity index (χ1v) is 5.13. The largest absolute Gasteiger partial charge is 0.382 e. The van der Waals surface area contributed by atoms with Crippen LogP contribution in [0, 0.1) is 0 Å². The van der Waals surface area contributed by atoms with E-state index in [1.165, 1.54) is 4.90 Å². The molecular formula is C10H20N2O4. The fourth-order valence-electron chi connectivity index (χ4n) is 1.11. The molecule has 0 bridgehead atoms. The van der Waals surface area contributed by atoms with Crippen molar-refractivity contribution in [1.29, 1.82) is 0 Å². The number of primary amides is 1. The molecule has 2 N–H and O–H groups in total. The van der Waals surface area contributed by atoms with Gasteiger partial charge in [0.05, 0.1) is 19.8 Å². The molecule has 16 heavy (non-hydrogen) atoms. The van der Waals surface area contributed by atoms with Gasteiger partial charge in [-0.05, 0) is 13.8 Å². The average molecular weight is 232 g/mol. The maximum Gasteiger partial charge on any atom is 0.249 e. The first kappa shape index (κ1) is 14.9. The van der Waals surface area contributed by atoms with Gasteiger partial charge in [0, 0.05) is 13.2 Å². The van der Waals surface area contributed by atoms with Gasteiger partial charge in [-0.1, -0.05) is 0 Å². The fourth-order valence-corrected chi connectivity index (χ4v) is 1.11. The summed E-state index contributed by atoms with van der Waals surface area (Å²) in [5, 5.41) is 0. The van der Waals surface area contributed by atoms with Gasteiger partial charge in [-0.15, -0.1) is 0 Å². The predicted molar refractivity (Wildman–Crippen MR) is 58.7 cm³/mol. The lowest BCUT2D eigenvalue weighted by Crippen LogP contribution is -2.44. The van der Waals surface area contributed by atoms with E-state index in [0.717, 1.165) is 0 Å². The summed E-state index contributed by atoms with van der Waals surface area (Å²) in [4.78, 5) is 23.8. The van der Waals surface area contributed by atoms with E-state index >= 15 is 0 Å². The van der Waals surface area contributed by atoms with E-state index in [0.29, 0.717) is 13.2 Å². The Morgan fingerprint density at radius 1 is 1.31 bits per heavy atom. The van der Waals surface area contributed by atoms with Crippen molar-refractivity contribution in [2.45, 2.75) is 19.9 Å². The van der Waals surface area contributed by atoms with E-state index < -0.39 is 5.91 Å². The zero-order chi connectivity index (χ0) is 12.6. The minimum atomic E-state index is -0.529. The van der Waals surface area contributed by atoms with E-state index in [9.17, 15) is 9.59 Å². The van der Waals surface area contributed by atoms with Gasteiger partial charge in [0.2, 0.25) is 11.8 Å². The van der Waals surface area contributed by atoms with Gasteiger partial charge in [-0.2, -0.15) is 0 Å². The number of carbonyl (C=O) groups is 2. The highest BCUT2D eigenvalue weighted by Gasteiger charge is 2.18. The minimum Gasteiger partial charge on any atom is -0.382 e. The van der Waals surface area contributed by atoms with Crippen LogP contribution < -0.4 is 5.73 Å². The summed E-state index contributed by atoms with van der Waals surface area (Å²) in [6.45, 7) is 4.28. The Bertz CT molecular complexity index is 231. The van der Waals surface area contributed by atoms with Crippen molar-refractivity contribution in [3.05, 3.63) is 0 Å². The molecule has 0 saturated heterocycles. The fraction of sp³-hybridized carbons (Fsp3) is 0.800. The van der Waals surface area contributed by atoms with Crippen LogP contribution in [0.5, 0.6) is 0 Å². The van der Waals surface area contributed by atoms with Crippen molar-refractivity contribution < 1.29 is 19.1 Å². The number of amides is 2. The second kappa shape index (κ2) is 8.06. The number of nitrogens with two attached hydrogens (primary N) is 1. The molecule has 94 valence electrons. The molecule has 0 spiro atoms. The molecule has 0 atom stereocenters. The maximum absolute atomic E-state index is 11.6. The van der Waals surface area contributed by atoms with Crippen molar-refractivity contribution in [3.63, 3.8) is 0 Å². The molecule has 0 fully saturated rings. The van der Waals surface area contributed by atoms with Gasteiger partial charge < -0.3 is 20.1 Å². The summed E-state index contributed by atoms with van der Waals surface area (Å²) in [5.41, 5.74) is 5.05. The van der Waals surface area contributed by atoms with Crippen molar-refractivity contribution in [2.75, 3.05) is 33.5 Å². The Morgan fingerprint density at radius 3 is 2.38 bits per heavy atom. The van der Waals surface area contributed by atoms with Crippen LogP contribution in [-0.2, 0) is 19.1 Å². The Morgan fingerprint density at radius 2 is 1.94 bits per heavy atom. The van der Waals surface area contributed by atoms with Crippen molar-refractivity contribution in [3.8, 4) is 0 Å². The number of rotatable bonds is 8. The Labute approximate surface area is 95.7 Å². The molecule has 0 aliphatic heterocycles. The minimum absolute atomic E-state index is 0.0607. The van der Waals surface area contributed by atoms with Crippen LogP contribution in [0.1, 0.15) is 13.8 Å². The molecule has 0 radical (unpaired) electrons. The molecule has 6 heteroatoms. The molecule has 6 nitrogen and oxygen atoms in total. The zero-order valence-electron chi connectivity index (χ0n) is 10.1. The molecule has 0 heterocycles.